The van der Waals surface area contributed by atoms with Gasteiger partial charge in [0.25, 0.3) is 5.78 Å². The zero-order valence-electron chi connectivity index (χ0n) is 4.27. The number of amides is 1. The lowest BCUT2D eigenvalue weighted by molar-refractivity contribution is -0.441. The molecule has 0 spiro atoms. The van der Waals surface area contributed by atoms with E-state index in [0.29, 0.717) is 0 Å². The summed E-state index contributed by atoms with van der Waals surface area (Å²) in [5.41, 5.74) is 0. The molecule has 0 unspecified atom stereocenters. The van der Waals surface area contributed by atoms with Gasteiger partial charge in [0.2, 0.25) is 0 Å². The van der Waals surface area contributed by atoms with Crippen LogP contribution < -0.4 is 0 Å². The van der Waals surface area contributed by atoms with Crippen LogP contribution in [-0.2, 0) is 9.59 Å². The van der Waals surface area contributed by atoms with Crippen LogP contribution in [0.1, 0.15) is 0 Å². The minimum atomic E-state index is -1.14. The van der Waals surface area contributed by atoms with E-state index in [1.807, 2.05) is 0 Å². The standard InChI is InChI=1S/C4H2N2O3/c7-3-1-2-5-6(9)4(3)8/h1-2H. The average molecular weight is 126 g/mol. The van der Waals surface area contributed by atoms with Crippen LogP contribution >= 0.6 is 0 Å². The SMILES string of the molecule is O=C1C=CN=[N+]([O-])C1=O. The van der Waals surface area contributed by atoms with E-state index in [4.69, 9.17) is 0 Å². The van der Waals surface area contributed by atoms with Crippen molar-refractivity contribution in [2.24, 2.45) is 5.11 Å². The molecule has 1 amide bonds. The predicted octanol–water partition coefficient (Wildman–Crippen LogP) is -0.428. The third-order valence-corrected chi connectivity index (χ3v) is 0.782. The summed E-state index contributed by atoms with van der Waals surface area (Å²) in [5.74, 6) is -1.97. The van der Waals surface area contributed by atoms with Crippen molar-refractivity contribution in [3.05, 3.63) is 17.5 Å². The second kappa shape index (κ2) is 1.77. The van der Waals surface area contributed by atoms with Crippen molar-refractivity contribution in [1.82, 2.24) is 0 Å². The van der Waals surface area contributed by atoms with Crippen molar-refractivity contribution >= 4 is 11.7 Å². The maximum atomic E-state index is 10.3. The van der Waals surface area contributed by atoms with Gasteiger partial charge in [-0.15, -0.1) is 0 Å². The van der Waals surface area contributed by atoms with E-state index in [9.17, 15) is 14.8 Å². The second-order valence-electron chi connectivity index (χ2n) is 1.37. The largest absolute Gasteiger partial charge is 0.591 e. The van der Waals surface area contributed by atoms with Crippen LogP contribution in [0.15, 0.2) is 17.4 Å². The Hall–Kier alpha value is -1.52. The van der Waals surface area contributed by atoms with Gasteiger partial charge in [-0.3, -0.25) is 4.79 Å². The van der Waals surface area contributed by atoms with Gasteiger partial charge >= 0.3 is 5.91 Å². The van der Waals surface area contributed by atoms with Gasteiger partial charge < -0.3 is 5.21 Å². The first-order chi connectivity index (χ1) is 4.22. The molecule has 1 heterocycles. The third kappa shape index (κ3) is 0.835. The lowest BCUT2D eigenvalue weighted by atomic mass is 10.3. The zero-order valence-corrected chi connectivity index (χ0v) is 4.27. The van der Waals surface area contributed by atoms with Crippen LogP contribution in [0.3, 0.4) is 0 Å². The van der Waals surface area contributed by atoms with E-state index < -0.39 is 11.7 Å². The number of hydrogen-bond acceptors (Lipinski definition) is 4. The lowest BCUT2D eigenvalue weighted by Crippen LogP contribution is -2.23. The van der Waals surface area contributed by atoms with Crippen LogP contribution in [0, 0.1) is 5.21 Å². The van der Waals surface area contributed by atoms with E-state index in [-0.39, 0.29) is 4.86 Å². The fourth-order valence-corrected chi connectivity index (χ4v) is 0.380. The van der Waals surface area contributed by atoms with E-state index in [1.165, 1.54) is 0 Å². The molecule has 0 aromatic rings. The van der Waals surface area contributed by atoms with Crippen LogP contribution in [0.5, 0.6) is 0 Å². The summed E-state index contributed by atoms with van der Waals surface area (Å²) in [6.07, 6.45) is 1.92. The molecule has 5 nitrogen and oxygen atoms in total. The molecule has 1 aliphatic heterocycles. The molecule has 0 saturated carbocycles. The number of carbonyl (C=O) groups excluding carboxylic acids is 2. The van der Waals surface area contributed by atoms with Crippen molar-refractivity contribution in [2.45, 2.75) is 0 Å². The van der Waals surface area contributed by atoms with E-state index in [1.54, 1.807) is 0 Å². The highest BCUT2D eigenvalue weighted by Gasteiger charge is 2.24. The van der Waals surface area contributed by atoms with E-state index in [0.717, 1.165) is 12.3 Å². The van der Waals surface area contributed by atoms with Gasteiger partial charge in [-0.25, -0.2) is 4.79 Å². The third-order valence-electron chi connectivity index (χ3n) is 0.782. The molecular formula is C4H2N2O3. The summed E-state index contributed by atoms with van der Waals surface area (Å²) in [4.78, 5) is 20.3. The molecule has 0 aromatic heterocycles. The Bertz CT molecular complexity index is 228. The number of azo groups is 1. The lowest BCUT2D eigenvalue weighted by Gasteiger charge is -1.94. The van der Waals surface area contributed by atoms with Crippen molar-refractivity contribution in [3.8, 4) is 0 Å². The molecule has 0 bridgehead atoms. The van der Waals surface area contributed by atoms with E-state index in [2.05, 4.69) is 5.11 Å². The highest BCUT2D eigenvalue weighted by molar-refractivity contribution is 6.37. The van der Waals surface area contributed by atoms with E-state index >= 15 is 0 Å². The normalized spacial score (nSPS) is 18.0. The Morgan fingerprint density at radius 3 is 2.67 bits per heavy atom. The van der Waals surface area contributed by atoms with Crippen LogP contribution in [0.4, 0.5) is 0 Å². The number of ketones is 1. The molecule has 9 heavy (non-hydrogen) atoms. The topological polar surface area (TPSA) is 72.6 Å². The first-order valence-corrected chi connectivity index (χ1v) is 2.14. The van der Waals surface area contributed by atoms with Gasteiger partial charge in [-0.05, 0) is 4.86 Å². The quantitative estimate of drug-likeness (QED) is 0.251. The predicted molar refractivity (Wildman–Crippen MR) is 25.2 cm³/mol. The van der Waals surface area contributed by atoms with Crippen LogP contribution in [0.2, 0.25) is 0 Å². The number of carbonyl (C=O) groups is 2. The first kappa shape index (κ1) is 5.61. The fraction of sp³-hybridized carbons (Fsp3) is 0. The van der Waals surface area contributed by atoms with Gasteiger partial charge in [0, 0.05) is 11.2 Å². The minimum absolute atomic E-state index is 0.248. The smallest absolute Gasteiger partial charge is 0.496 e. The Morgan fingerprint density at radius 2 is 2.22 bits per heavy atom. The summed E-state index contributed by atoms with van der Waals surface area (Å²) >= 11 is 0. The number of hydrogen-bond donors (Lipinski definition) is 0. The van der Waals surface area contributed by atoms with Crippen molar-refractivity contribution in [2.75, 3.05) is 0 Å². The molecule has 0 radical (unpaired) electrons. The zero-order chi connectivity index (χ0) is 6.85. The van der Waals surface area contributed by atoms with Gasteiger partial charge in [-0.2, -0.15) is 0 Å². The van der Waals surface area contributed by atoms with Crippen LogP contribution in [-0.4, -0.2) is 16.6 Å². The molecule has 0 atom stereocenters. The van der Waals surface area contributed by atoms with Gasteiger partial charge in [0.1, 0.15) is 6.20 Å². The molecule has 46 valence electrons. The molecule has 0 aromatic carbocycles. The molecule has 0 aliphatic carbocycles. The highest BCUT2D eigenvalue weighted by atomic mass is 16.5. The van der Waals surface area contributed by atoms with Crippen molar-refractivity contribution < 1.29 is 14.4 Å². The molecule has 1 rings (SSSR count). The number of hydroxylamine groups is 1. The molecular weight excluding hydrogens is 124 g/mol. The molecule has 5 heteroatoms. The average Bonchev–Trinajstić information content (AvgIpc) is 1.83. The fourth-order valence-electron chi connectivity index (χ4n) is 0.380. The maximum Gasteiger partial charge on any atom is 0.496 e. The monoisotopic (exact) mass is 126 g/mol. The Balaban J connectivity index is 3.00. The second-order valence-corrected chi connectivity index (χ2v) is 1.37. The Labute approximate surface area is 49.9 Å². The van der Waals surface area contributed by atoms with Gasteiger partial charge in [0.15, 0.2) is 0 Å². The maximum absolute atomic E-state index is 10.3. The summed E-state index contributed by atoms with van der Waals surface area (Å²) < 4.78 is 0. The van der Waals surface area contributed by atoms with Gasteiger partial charge in [0.05, 0.1) is 0 Å². The van der Waals surface area contributed by atoms with Crippen LogP contribution in [0.25, 0.3) is 0 Å². The molecule has 0 N–H and O–H groups in total. The number of rotatable bonds is 0. The Kier molecular flexibility index (Phi) is 1.11. The summed E-state index contributed by atoms with van der Waals surface area (Å²) in [6.45, 7) is 0. The molecule has 1 aliphatic rings. The first-order valence-electron chi connectivity index (χ1n) is 2.14. The highest BCUT2D eigenvalue weighted by Crippen LogP contribution is 1.91. The number of nitrogens with zero attached hydrogens (tertiary/aromatic N) is 2. The Morgan fingerprint density at radius 1 is 1.56 bits per heavy atom. The summed E-state index contributed by atoms with van der Waals surface area (Å²) in [5, 5.41) is 13.1. The van der Waals surface area contributed by atoms with Gasteiger partial charge in [-0.1, -0.05) is 0 Å². The minimum Gasteiger partial charge on any atom is -0.591 e. The summed E-state index contributed by atoms with van der Waals surface area (Å²) in [7, 11) is 0. The van der Waals surface area contributed by atoms with Crippen molar-refractivity contribution in [1.29, 1.82) is 0 Å². The molecule has 0 saturated heterocycles. The van der Waals surface area contributed by atoms with Crippen molar-refractivity contribution in [3.63, 3.8) is 0 Å². The summed E-state index contributed by atoms with van der Waals surface area (Å²) in [6, 6.07) is 0. The molecule has 0 fully saturated rings.